The molecule has 0 fully saturated rings. The van der Waals surface area contributed by atoms with Crippen molar-refractivity contribution in [1.82, 2.24) is 24.5 Å². The fourth-order valence-corrected chi connectivity index (χ4v) is 6.89. The summed E-state index contributed by atoms with van der Waals surface area (Å²) in [6.45, 7) is 0. The molecule has 0 radical (unpaired) electrons. The molecule has 0 saturated heterocycles. The first-order valence-electron chi connectivity index (χ1n) is 17.1. The summed E-state index contributed by atoms with van der Waals surface area (Å²) in [5.74, 6) is 1.66. The molecular weight excluding hydrogens is 651 g/mol. The maximum Gasteiger partial charge on any atom is 0.166 e. The first-order valence-corrected chi connectivity index (χ1v) is 17.1. The zero-order valence-corrected chi connectivity index (χ0v) is 28.2. The monoisotopic (exact) mass is 677 g/mol. The van der Waals surface area contributed by atoms with Crippen molar-refractivity contribution >= 4 is 21.8 Å². The fourth-order valence-electron chi connectivity index (χ4n) is 6.89. The van der Waals surface area contributed by atoms with E-state index in [4.69, 9.17) is 15.0 Å². The molecule has 246 valence electrons. The van der Waals surface area contributed by atoms with Crippen LogP contribution in [0.5, 0.6) is 0 Å². The van der Waals surface area contributed by atoms with Gasteiger partial charge in [0.2, 0.25) is 0 Å². The zero-order valence-electron chi connectivity index (χ0n) is 28.2. The average Bonchev–Trinajstić information content (AvgIpc) is 3.57. The van der Waals surface area contributed by atoms with Crippen molar-refractivity contribution in [3.63, 3.8) is 0 Å². The lowest BCUT2D eigenvalue weighted by Crippen LogP contribution is -2.04. The summed E-state index contributed by atoms with van der Waals surface area (Å²) in [5.41, 5.74) is 9.66. The molecular formula is C46H27N7. The van der Waals surface area contributed by atoms with Crippen molar-refractivity contribution < 1.29 is 0 Å². The van der Waals surface area contributed by atoms with E-state index in [9.17, 15) is 10.5 Å². The number of hydrogen-bond donors (Lipinski definition) is 0. The molecule has 7 nitrogen and oxygen atoms in total. The summed E-state index contributed by atoms with van der Waals surface area (Å²) in [4.78, 5) is 19.9. The Morgan fingerprint density at radius 1 is 0.453 bits per heavy atom. The molecule has 0 bridgehead atoms. The summed E-state index contributed by atoms with van der Waals surface area (Å²) in [5, 5.41) is 21.7. The van der Waals surface area contributed by atoms with Gasteiger partial charge >= 0.3 is 0 Å². The second-order valence-electron chi connectivity index (χ2n) is 12.6. The number of hydrogen-bond acceptors (Lipinski definition) is 6. The van der Waals surface area contributed by atoms with Crippen LogP contribution >= 0.6 is 0 Å². The van der Waals surface area contributed by atoms with E-state index in [2.05, 4.69) is 64.2 Å². The van der Waals surface area contributed by atoms with Gasteiger partial charge in [0.05, 0.1) is 45.7 Å². The highest BCUT2D eigenvalue weighted by Gasteiger charge is 2.21. The Hall–Kier alpha value is -7.74. The number of fused-ring (bicyclic) bond motifs is 3. The molecule has 9 rings (SSSR count). The molecule has 7 heteroatoms. The second-order valence-corrected chi connectivity index (χ2v) is 12.6. The summed E-state index contributed by atoms with van der Waals surface area (Å²) < 4.78 is 2.25. The highest BCUT2D eigenvalue weighted by atomic mass is 15.1. The molecule has 0 amide bonds. The van der Waals surface area contributed by atoms with E-state index < -0.39 is 0 Å². The van der Waals surface area contributed by atoms with E-state index >= 15 is 0 Å². The van der Waals surface area contributed by atoms with Gasteiger partial charge in [0.25, 0.3) is 0 Å². The molecule has 9 aromatic rings. The van der Waals surface area contributed by atoms with Gasteiger partial charge in [-0.1, -0.05) is 109 Å². The van der Waals surface area contributed by atoms with Crippen molar-refractivity contribution in [2.45, 2.75) is 0 Å². The van der Waals surface area contributed by atoms with Crippen molar-refractivity contribution in [3.05, 3.63) is 175 Å². The van der Waals surface area contributed by atoms with Crippen molar-refractivity contribution in [2.24, 2.45) is 0 Å². The molecule has 0 aliphatic carbocycles. The largest absolute Gasteiger partial charge is 0.308 e. The molecule has 0 aliphatic rings. The second kappa shape index (κ2) is 13.2. The van der Waals surface area contributed by atoms with Gasteiger partial charge in [-0.3, -0.25) is 4.98 Å². The maximum atomic E-state index is 10.1. The van der Waals surface area contributed by atoms with E-state index in [1.54, 1.807) is 18.3 Å². The number of pyridine rings is 1. The Labute approximate surface area is 305 Å². The average molecular weight is 678 g/mol. The number of para-hydroxylation sites is 1. The van der Waals surface area contributed by atoms with Crippen LogP contribution < -0.4 is 0 Å². The smallest absolute Gasteiger partial charge is 0.166 e. The van der Waals surface area contributed by atoms with Gasteiger partial charge in [-0.2, -0.15) is 10.5 Å². The van der Waals surface area contributed by atoms with E-state index in [1.165, 1.54) is 0 Å². The van der Waals surface area contributed by atoms with E-state index in [-0.39, 0.29) is 0 Å². The Kier molecular flexibility index (Phi) is 7.78. The van der Waals surface area contributed by atoms with Gasteiger partial charge in [-0.25, -0.2) is 15.0 Å². The normalized spacial score (nSPS) is 11.0. The molecule has 0 spiro atoms. The molecule has 6 aromatic carbocycles. The van der Waals surface area contributed by atoms with Crippen LogP contribution in [0.3, 0.4) is 0 Å². The van der Waals surface area contributed by atoms with Gasteiger partial charge in [-0.15, -0.1) is 0 Å². The third-order valence-electron chi connectivity index (χ3n) is 9.39. The third kappa shape index (κ3) is 5.65. The van der Waals surface area contributed by atoms with Crippen LogP contribution in [0.4, 0.5) is 0 Å². The van der Waals surface area contributed by atoms with Crippen LogP contribution in [-0.2, 0) is 0 Å². The topological polar surface area (TPSA) is 104 Å². The van der Waals surface area contributed by atoms with Gasteiger partial charge in [-0.05, 0) is 59.7 Å². The predicted molar refractivity (Wildman–Crippen MR) is 209 cm³/mol. The van der Waals surface area contributed by atoms with Crippen LogP contribution in [0.15, 0.2) is 164 Å². The third-order valence-corrected chi connectivity index (χ3v) is 9.39. The lowest BCUT2D eigenvalue weighted by Gasteiger charge is -2.16. The quantitative estimate of drug-likeness (QED) is 0.173. The highest BCUT2D eigenvalue weighted by molar-refractivity contribution is 6.11. The molecule has 0 aliphatic heterocycles. The SMILES string of the molecule is N#Cc1ccc(-c2ccc3c4ccccc4n(-c4ccc(-c5ccccn5)cc4-c4nc(-c5ccccc5)nc(-c5ccccc5)n4)c3c2)c(C#N)c1. The Morgan fingerprint density at radius 3 is 1.81 bits per heavy atom. The van der Waals surface area contributed by atoms with Crippen molar-refractivity contribution in [1.29, 1.82) is 10.5 Å². The Morgan fingerprint density at radius 2 is 1.11 bits per heavy atom. The van der Waals surface area contributed by atoms with Crippen molar-refractivity contribution in [2.75, 3.05) is 0 Å². The van der Waals surface area contributed by atoms with E-state index in [0.717, 1.165) is 66.6 Å². The Balaban J connectivity index is 1.35. The molecule has 0 saturated carbocycles. The lowest BCUT2D eigenvalue weighted by molar-refractivity contribution is 1.06. The number of nitrogens with zero attached hydrogens (tertiary/aromatic N) is 7. The standard InChI is InChI=1S/C46H27N7/c47-28-30-18-21-36(35(25-30)29-48)33-19-22-38-37-15-7-8-17-41(37)53(43(38)27-33)42-23-20-34(40-16-9-10-24-49-40)26-39(42)46-51-44(31-11-3-1-4-12-31)50-45(52-46)32-13-5-2-6-14-32/h1-27H. The van der Waals surface area contributed by atoms with Crippen LogP contribution in [0, 0.1) is 22.7 Å². The van der Waals surface area contributed by atoms with Gasteiger partial charge in [0.1, 0.15) is 0 Å². The highest BCUT2D eigenvalue weighted by Crippen LogP contribution is 2.39. The molecule has 0 N–H and O–H groups in total. The van der Waals surface area contributed by atoms with Gasteiger partial charge in [0, 0.05) is 39.2 Å². The first-order chi connectivity index (χ1) is 26.2. The molecule has 53 heavy (non-hydrogen) atoms. The number of rotatable bonds is 6. The van der Waals surface area contributed by atoms with Crippen molar-refractivity contribution in [3.8, 4) is 74.4 Å². The van der Waals surface area contributed by atoms with Gasteiger partial charge < -0.3 is 4.57 Å². The fraction of sp³-hybridized carbons (Fsp3) is 0. The minimum atomic E-state index is 0.443. The maximum absolute atomic E-state index is 10.1. The summed E-state index contributed by atoms with van der Waals surface area (Å²) >= 11 is 0. The molecule has 3 aromatic heterocycles. The van der Waals surface area contributed by atoms with Gasteiger partial charge in [0.15, 0.2) is 17.5 Å². The van der Waals surface area contributed by atoms with Crippen LogP contribution in [0.1, 0.15) is 11.1 Å². The minimum Gasteiger partial charge on any atom is -0.308 e. The number of benzene rings is 6. The van der Waals surface area contributed by atoms with Crippen LogP contribution in [-0.4, -0.2) is 24.5 Å². The molecule has 3 heterocycles. The summed E-state index contributed by atoms with van der Waals surface area (Å²) in [6.07, 6.45) is 1.79. The van der Waals surface area contributed by atoms with Crippen LogP contribution in [0.2, 0.25) is 0 Å². The lowest BCUT2D eigenvalue weighted by atomic mass is 9.97. The summed E-state index contributed by atoms with van der Waals surface area (Å²) in [6, 6.07) is 56.3. The number of aromatic nitrogens is 5. The molecule has 0 unspecified atom stereocenters. The predicted octanol–water partition coefficient (Wildman–Crippen LogP) is 10.4. The first kappa shape index (κ1) is 31.3. The van der Waals surface area contributed by atoms with E-state index in [0.29, 0.717) is 28.6 Å². The Bertz CT molecular complexity index is 2850. The summed E-state index contributed by atoms with van der Waals surface area (Å²) in [7, 11) is 0. The van der Waals surface area contributed by atoms with E-state index in [1.807, 2.05) is 103 Å². The zero-order chi connectivity index (χ0) is 35.7. The molecule has 0 atom stereocenters. The number of nitriles is 2. The minimum absolute atomic E-state index is 0.443. The van der Waals surface area contributed by atoms with Crippen LogP contribution in [0.25, 0.3) is 84.0 Å².